The molecule has 1 heterocycles. The zero-order chi connectivity index (χ0) is 28.9. The van der Waals surface area contributed by atoms with Crippen LogP contribution in [-0.2, 0) is 22.4 Å². The molecule has 1 aliphatic heterocycles. The van der Waals surface area contributed by atoms with Gasteiger partial charge in [-0.25, -0.2) is 0 Å². The number of benzene rings is 3. The summed E-state index contributed by atoms with van der Waals surface area (Å²) in [6.45, 7) is 0.0563. The van der Waals surface area contributed by atoms with Gasteiger partial charge in [0.1, 0.15) is 6.61 Å². The van der Waals surface area contributed by atoms with E-state index in [9.17, 15) is 27.6 Å². The van der Waals surface area contributed by atoms with Crippen LogP contribution in [0.4, 0.5) is 23.7 Å². The Balaban J connectivity index is 1.37. The largest absolute Gasteiger partial charge is 0.493 e. The first-order valence-electron chi connectivity index (χ1n) is 11.8. The van der Waals surface area contributed by atoms with Crippen molar-refractivity contribution >= 4 is 52.2 Å². The number of ether oxygens (including phenoxy) is 2. The van der Waals surface area contributed by atoms with Crippen LogP contribution in [0.3, 0.4) is 0 Å². The number of thioether (sulfide) groups is 1. The van der Waals surface area contributed by atoms with E-state index in [0.29, 0.717) is 22.1 Å². The molecule has 1 aliphatic rings. The maximum absolute atomic E-state index is 12.9. The lowest BCUT2D eigenvalue weighted by molar-refractivity contribution is -0.137. The van der Waals surface area contributed by atoms with Gasteiger partial charge in [-0.3, -0.25) is 19.3 Å². The van der Waals surface area contributed by atoms with Crippen LogP contribution in [-0.4, -0.2) is 35.6 Å². The molecule has 0 bridgehead atoms. The lowest BCUT2D eigenvalue weighted by Gasteiger charge is -2.13. The fourth-order valence-electron chi connectivity index (χ4n) is 3.69. The summed E-state index contributed by atoms with van der Waals surface area (Å²) < 4.78 is 49.9. The number of carbonyl (C=O) groups excluding carboxylic acids is 3. The average molecular weight is 591 g/mol. The van der Waals surface area contributed by atoms with E-state index in [4.69, 9.17) is 21.1 Å². The van der Waals surface area contributed by atoms with Crippen molar-refractivity contribution in [1.29, 1.82) is 0 Å². The Morgan fingerprint density at radius 3 is 2.50 bits per heavy atom. The maximum atomic E-state index is 12.9. The van der Waals surface area contributed by atoms with Gasteiger partial charge in [0.25, 0.3) is 11.1 Å². The van der Waals surface area contributed by atoms with E-state index in [1.54, 1.807) is 30.3 Å². The van der Waals surface area contributed by atoms with Crippen LogP contribution in [0, 0.1) is 0 Å². The molecule has 3 amide bonds. The summed E-state index contributed by atoms with van der Waals surface area (Å²) >= 11 is 6.63. The van der Waals surface area contributed by atoms with Crippen molar-refractivity contribution < 1.29 is 37.0 Å². The number of amides is 3. The molecule has 0 unspecified atom stereocenters. The molecule has 3 aromatic rings. The highest BCUT2D eigenvalue weighted by atomic mass is 35.5. The molecule has 1 fully saturated rings. The van der Waals surface area contributed by atoms with Crippen molar-refractivity contribution in [3.63, 3.8) is 0 Å². The molecule has 0 aliphatic carbocycles. The minimum Gasteiger partial charge on any atom is -0.493 e. The minimum atomic E-state index is -4.55. The lowest BCUT2D eigenvalue weighted by Crippen LogP contribution is -2.31. The molecule has 0 spiro atoms. The molecule has 0 radical (unpaired) electrons. The van der Waals surface area contributed by atoms with Gasteiger partial charge in [-0.1, -0.05) is 35.9 Å². The van der Waals surface area contributed by atoms with Gasteiger partial charge in [0, 0.05) is 23.7 Å². The number of hydrogen-bond donors (Lipinski definition) is 1. The maximum Gasteiger partial charge on any atom is 0.416 e. The van der Waals surface area contributed by atoms with Crippen molar-refractivity contribution in [2.45, 2.75) is 19.2 Å². The average Bonchev–Trinajstić information content (AvgIpc) is 3.18. The Bertz CT molecular complexity index is 1460. The summed E-state index contributed by atoms with van der Waals surface area (Å²) in [6, 6.07) is 16.4. The number of rotatable bonds is 9. The fourth-order valence-corrected chi connectivity index (χ4v) is 4.68. The standard InChI is InChI=1S/C28H22ClF3N2O5S/c1-38-23-13-18(7-10-22(23)39-16-17-5-8-20(29)9-6-17)14-24-26(36)34(27(37)40-24)12-11-25(35)33-21-4-2-3-19(15-21)28(30,31)32/h2-10,13-15H,11-12,16H2,1H3,(H,33,35)/b24-14-. The van der Waals surface area contributed by atoms with Gasteiger partial charge >= 0.3 is 6.18 Å². The predicted molar refractivity (Wildman–Crippen MR) is 146 cm³/mol. The number of anilines is 1. The van der Waals surface area contributed by atoms with E-state index >= 15 is 0 Å². The number of methoxy groups -OCH3 is 1. The number of halogens is 4. The zero-order valence-corrected chi connectivity index (χ0v) is 22.5. The quantitative estimate of drug-likeness (QED) is 0.270. The van der Waals surface area contributed by atoms with Crippen LogP contribution < -0.4 is 14.8 Å². The predicted octanol–water partition coefficient (Wildman–Crippen LogP) is 7.01. The first-order valence-corrected chi connectivity index (χ1v) is 13.0. The summed E-state index contributed by atoms with van der Waals surface area (Å²) in [5, 5.41) is 2.42. The van der Waals surface area contributed by atoms with Crippen LogP contribution in [0.5, 0.6) is 11.5 Å². The Morgan fingerprint density at radius 2 is 1.80 bits per heavy atom. The van der Waals surface area contributed by atoms with Gasteiger partial charge in [0.15, 0.2) is 11.5 Å². The molecule has 12 heteroatoms. The summed E-state index contributed by atoms with van der Waals surface area (Å²) in [7, 11) is 1.48. The van der Waals surface area contributed by atoms with E-state index < -0.39 is 28.8 Å². The second kappa shape index (κ2) is 12.5. The van der Waals surface area contributed by atoms with Crippen LogP contribution in [0.1, 0.15) is 23.1 Å². The van der Waals surface area contributed by atoms with Gasteiger partial charge < -0.3 is 14.8 Å². The van der Waals surface area contributed by atoms with Crippen molar-refractivity contribution in [3.8, 4) is 11.5 Å². The van der Waals surface area contributed by atoms with Gasteiger partial charge in [-0.15, -0.1) is 0 Å². The zero-order valence-electron chi connectivity index (χ0n) is 21.0. The Morgan fingerprint density at radius 1 is 1.05 bits per heavy atom. The number of hydrogen-bond acceptors (Lipinski definition) is 6. The minimum absolute atomic E-state index is 0.0385. The Labute approximate surface area is 236 Å². The summed E-state index contributed by atoms with van der Waals surface area (Å²) in [4.78, 5) is 38.6. The van der Waals surface area contributed by atoms with E-state index in [2.05, 4.69) is 5.32 Å². The topological polar surface area (TPSA) is 84.9 Å². The molecule has 1 saturated heterocycles. The highest BCUT2D eigenvalue weighted by molar-refractivity contribution is 8.18. The van der Waals surface area contributed by atoms with E-state index in [0.717, 1.165) is 34.4 Å². The van der Waals surface area contributed by atoms with Gasteiger partial charge in [-0.2, -0.15) is 13.2 Å². The molecule has 3 aromatic carbocycles. The van der Waals surface area contributed by atoms with E-state index in [1.165, 1.54) is 25.3 Å². The molecule has 1 N–H and O–H groups in total. The monoisotopic (exact) mass is 590 g/mol. The van der Waals surface area contributed by atoms with Crippen LogP contribution in [0.15, 0.2) is 71.6 Å². The summed E-state index contributed by atoms with van der Waals surface area (Å²) in [5.74, 6) is -0.312. The van der Waals surface area contributed by atoms with Crippen molar-refractivity contribution in [2.75, 3.05) is 19.0 Å². The number of nitrogens with one attached hydrogen (secondary N) is 1. The molecule has 0 saturated carbocycles. The number of imide groups is 1. The third kappa shape index (κ3) is 7.36. The van der Waals surface area contributed by atoms with Crippen LogP contribution in [0.25, 0.3) is 6.08 Å². The molecule has 4 rings (SSSR count). The third-order valence-electron chi connectivity index (χ3n) is 5.70. The Hall–Kier alpha value is -3.96. The number of alkyl halides is 3. The second-order valence-corrected chi connectivity index (χ2v) is 9.97. The molecule has 0 atom stereocenters. The van der Waals surface area contributed by atoms with Gasteiger partial charge in [0.2, 0.25) is 5.91 Å². The highest BCUT2D eigenvalue weighted by Crippen LogP contribution is 2.35. The molecule has 7 nitrogen and oxygen atoms in total. The third-order valence-corrected chi connectivity index (χ3v) is 6.86. The van der Waals surface area contributed by atoms with Gasteiger partial charge in [-0.05, 0) is 71.4 Å². The normalized spacial score (nSPS) is 14.5. The Kier molecular flexibility index (Phi) is 9.06. The SMILES string of the molecule is COc1cc(/C=C2\SC(=O)N(CCC(=O)Nc3cccc(C(F)(F)F)c3)C2=O)ccc1OCc1ccc(Cl)cc1. The fraction of sp³-hybridized carbons (Fsp3) is 0.179. The number of carbonyl (C=O) groups is 3. The van der Waals surface area contributed by atoms with Crippen LogP contribution >= 0.6 is 23.4 Å². The molecule has 0 aromatic heterocycles. The molecular formula is C28H22ClF3N2O5S. The van der Waals surface area contributed by atoms with Crippen molar-refractivity contribution in [2.24, 2.45) is 0 Å². The first-order chi connectivity index (χ1) is 19.0. The van der Waals surface area contributed by atoms with Gasteiger partial charge in [0.05, 0.1) is 17.6 Å². The van der Waals surface area contributed by atoms with Crippen molar-refractivity contribution in [1.82, 2.24) is 4.90 Å². The number of nitrogens with zero attached hydrogens (tertiary/aromatic N) is 1. The highest BCUT2D eigenvalue weighted by Gasteiger charge is 2.35. The second-order valence-electron chi connectivity index (χ2n) is 8.54. The lowest BCUT2D eigenvalue weighted by atomic mass is 10.1. The molecule has 40 heavy (non-hydrogen) atoms. The summed E-state index contributed by atoms with van der Waals surface area (Å²) in [5.41, 5.74) is 0.554. The molecule has 208 valence electrons. The first kappa shape index (κ1) is 29.0. The van der Waals surface area contributed by atoms with Crippen LogP contribution in [0.2, 0.25) is 5.02 Å². The van der Waals surface area contributed by atoms with E-state index in [1.807, 2.05) is 12.1 Å². The smallest absolute Gasteiger partial charge is 0.416 e. The van der Waals surface area contributed by atoms with E-state index in [-0.39, 0.29) is 30.2 Å². The molecular weight excluding hydrogens is 569 g/mol. The van der Waals surface area contributed by atoms with Crippen molar-refractivity contribution in [3.05, 3.63) is 93.3 Å². The summed E-state index contributed by atoms with van der Waals surface area (Å²) in [6.07, 6.45) is -3.31.